The molecule has 0 aliphatic carbocycles. The second-order valence-corrected chi connectivity index (χ2v) is 5.18. The fraction of sp³-hybridized carbons (Fsp3) is 0.533. The number of hydrogen-bond donors (Lipinski definition) is 0. The minimum Gasteiger partial charge on any atom is -0.375 e. The van der Waals surface area contributed by atoms with Crippen LogP contribution in [0.25, 0.3) is 0 Å². The zero-order valence-electron chi connectivity index (χ0n) is 11.7. The summed E-state index contributed by atoms with van der Waals surface area (Å²) in [7, 11) is 1.98. The Kier molecular flexibility index (Phi) is 4.93. The van der Waals surface area contributed by atoms with Crippen molar-refractivity contribution in [3.63, 3.8) is 0 Å². The quantitative estimate of drug-likeness (QED) is 0.821. The van der Waals surface area contributed by atoms with Crippen molar-refractivity contribution >= 4 is 5.91 Å². The topological polar surface area (TPSA) is 32.8 Å². The molecule has 0 bridgehead atoms. The molecule has 2 rings (SSSR count). The van der Waals surface area contributed by atoms with E-state index in [1.165, 1.54) is 5.56 Å². The Hall–Kier alpha value is -1.39. The van der Waals surface area contributed by atoms with Crippen LogP contribution in [0.3, 0.4) is 0 Å². The van der Waals surface area contributed by atoms with Crippen LogP contribution in [0.2, 0.25) is 0 Å². The van der Waals surface area contributed by atoms with Crippen molar-refractivity contribution in [3.05, 3.63) is 35.9 Å². The number of hydrogen-bond acceptors (Lipinski definition) is 3. The lowest BCUT2D eigenvalue weighted by Gasteiger charge is -2.32. The predicted octanol–water partition coefficient (Wildman–Crippen LogP) is 1.37. The lowest BCUT2D eigenvalue weighted by atomic mass is 10.2. The molecule has 1 aromatic carbocycles. The molecule has 1 heterocycles. The van der Waals surface area contributed by atoms with Gasteiger partial charge in [0, 0.05) is 19.6 Å². The lowest BCUT2D eigenvalue weighted by Crippen LogP contribution is -2.47. The van der Waals surface area contributed by atoms with Gasteiger partial charge in [-0.15, -0.1) is 0 Å². The van der Waals surface area contributed by atoms with Crippen LogP contribution < -0.4 is 0 Å². The van der Waals surface area contributed by atoms with E-state index in [1.807, 2.05) is 37.1 Å². The van der Waals surface area contributed by atoms with Gasteiger partial charge < -0.3 is 9.64 Å². The normalized spacial score (nSPS) is 19.7. The lowest BCUT2D eigenvalue weighted by molar-refractivity contribution is -0.139. The molecule has 0 spiro atoms. The van der Waals surface area contributed by atoms with Gasteiger partial charge in [-0.2, -0.15) is 0 Å². The van der Waals surface area contributed by atoms with Gasteiger partial charge in [-0.05, 0) is 19.5 Å². The Morgan fingerprint density at radius 3 is 2.84 bits per heavy atom. The summed E-state index contributed by atoms with van der Waals surface area (Å²) in [6.45, 7) is 5.33. The highest BCUT2D eigenvalue weighted by Crippen LogP contribution is 2.07. The van der Waals surface area contributed by atoms with Crippen molar-refractivity contribution in [2.75, 3.05) is 33.3 Å². The molecule has 0 saturated carbocycles. The fourth-order valence-electron chi connectivity index (χ4n) is 2.33. The zero-order valence-corrected chi connectivity index (χ0v) is 11.7. The van der Waals surface area contributed by atoms with E-state index in [0.29, 0.717) is 26.2 Å². The van der Waals surface area contributed by atoms with Gasteiger partial charge in [0.15, 0.2) is 0 Å². The summed E-state index contributed by atoms with van der Waals surface area (Å²) in [5.74, 6) is 0.189. The van der Waals surface area contributed by atoms with Crippen molar-refractivity contribution < 1.29 is 9.53 Å². The van der Waals surface area contributed by atoms with Gasteiger partial charge in [0.1, 0.15) is 0 Å². The number of amides is 1. The average molecular weight is 262 g/mol. The number of carbonyl (C=O) groups is 1. The van der Waals surface area contributed by atoms with Crippen molar-refractivity contribution in [1.82, 2.24) is 9.80 Å². The molecule has 1 aromatic rings. The summed E-state index contributed by atoms with van der Waals surface area (Å²) in [6.07, 6.45) is 0.150. The highest BCUT2D eigenvalue weighted by Gasteiger charge is 2.21. The van der Waals surface area contributed by atoms with Crippen molar-refractivity contribution in [3.8, 4) is 0 Å². The number of nitrogens with zero attached hydrogens (tertiary/aromatic N) is 2. The summed E-state index contributed by atoms with van der Waals surface area (Å²) in [6, 6.07) is 10.2. The van der Waals surface area contributed by atoms with Gasteiger partial charge in [0.25, 0.3) is 0 Å². The number of rotatable bonds is 4. The highest BCUT2D eigenvalue weighted by molar-refractivity contribution is 5.78. The molecule has 4 nitrogen and oxygen atoms in total. The standard InChI is InChI=1S/C15H22N2O2/c1-13-10-17(8-9-19-13)15(18)12-16(2)11-14-6-4-3-5-7-14/h3-7,13H,8-12H2,1-2H3. The van der Waals surface area contributed by atoms with Crippen LogP contribution >= 0.6 is 0 Å². The number of benzene rings is 1. The molecule has 0 aromatic heterocycles. The Morgan fingerprint density at radius 1 is 1.42 bits per heavy atom. The van der Waals surface area contributed by atoms with E-state index < -0.39 is 0 Å². The third kappa shape index (κ3) is 4.33. The molecule has 1 aliphatic heterocycles. The van der Waals surface area contributed by atoms with Crippen LogP contribution in [-0.2, 0) is 16.1 Å². The molecule has 104 valence electrons. The molecule has 4 heteroatoms. The number of carbonyl (C=O) groups excluding carboxylic acids is 1. The van der Waals surface area contributed by atoms with Crippen LogP contribution in [0, 0.1) is 0 Å². The van der Waals surface area contributed by atoms with E-state index in [0.717, 1.165) is 6.54 Å². The summed E-state index contributed by atoms with van der Waals surface area (Å²) in [5, 5.41) is 0. The van der Waals surface area contributed by atoms with Gasteiger partial charge in [0.2, 0.25) is 5.91 Å². The monoisotopic (exact) mass is 262 g/mol. The molecule has 0 N–H and O–H groups in total. The maximum absolute atomic E-state index is 12.2. The largest absolute Gasteiger partial charge is 0.375 e. The SMILES string of the molecule is CC1CN(C(=O)CN(C)Cc2ccccc2)CCO1. The first-order valence-corrected chi connectivity index (χ1v) is 6.77. The second-order valence-electron chi connectivity index (χ2n) is 5.18. The molecule has 1 aliphatic rings. The Bertz CT molecular complexity index is 408. The average Bonchev–Trinajstić information content (AvgIpc) is 2.39. The molecular weight excluding hydrogens is 240 g/mol. The van der Waals surface area contributed by atoms with Crippen molar-refractivity contribution in [2.24, 2.45) is 0 Å². The number of morpholine rings is 1. The van der Waals surface area contributed by atoms with Crippen molar-refractivity contribution in [1.29, 1.82) is 0 Å². The van der Waals surface area contributed by atoms with E-state index >= 15 is 0 Å². The first-order valence-electron chi connectivity index (χ1n) is 6.77. The van der Waals surface area contributed by atoms with Gasteiger partial charge in [-0.25, -0.2) is 0 Å². The van der Waals surface area contributed by atoms with E-state index in [-0.39, 0.29) is 12.0 Å². The molecule has 1 amide bonds. The van der Waals surface area contributed by atoms with Crippen LogP contribution in [-0.4, -0.2) is 55.1 Å². The van der Waals surface area contributed by atoms with Crippen molar-refractivity contribution in [2.45, 2.75) is 19.6 Å². The first-order chi connectivity index (χ1) is 9.15. The van der Waals surface area contributed by atoms with Gasteiger partial charge in [-0.3, -0.25) is 9.69 Å². The van der Waals surface area contributed by atoms with Gasteiger partial charge in [0.05, 0.1) is 19.3 Å². The third-order valence-corrected chi connectivity index (χ3v) is 3.29. The van der Waals surface area contributed by atoms with E-state index in [2.05, 4.69) is 17.0 Å². The Morgan fingerprint density at radius 2 is 2.16 bits per heavy atom. The molecule has 1 unspecified atom stereocenters. The summed E-state index contributed by atoms with van der Waals surface area (Å²) >= 11 is 0. The van der Waals surface area contributed by atoms with Gasteiger partial charge >= 0.3 is 0 Å². The highest BCUT2D eigenvalue weighted by atomic mass is 16.5. The maximum atomic E-state index is 12.2. The van der Waals surface area contributed by atoms with Crippen LogP contribution in [0.5, 0.6) is 0 Å². The zero-order chi connectivity index (χ0) is 13.7. The minimum absolute atomic E-state index is 0.150. The molecule has 1 atom stereocenters. The molecular formula is C15H22N2O2. The first kappa shape index (κ1) is 14.0. The summed E-state index contributed by atoms with van der Waals surface area (Å²) in [5.41, 5.74) is 1.23. The Balaban J connectivity index is 1.81. The maximum Gasteiger partial charge on any atom is 0.236 e. The van der Waals surface area contributed by atoms with E-state index in [9.17, 15) is 4.79 Å². The minimum atomic E-state index is 0.150. The molecule has 1 fully saturated rings. The smallest absolute Gasteiger partial charge is 0.236 e. The second kappa shape index (κ2) is 6.68. The summed E-state index contributed by atoms with van der Waals surface area (Å²) in [4.78, 5) is 16.1. The van der Waals surface area contributed by atoms with Crippen LogP contribution in [0.4, 0.5) is 0 Å². The number of likely N-dealkylation sites (N-methyl/N-ethyl adjacent to an activating group) is 1. The molecule has 0 radical (unpaired) electrons. The van der Waals surface area contributed by atoms with Crippen LogP contribution in [0.15, 0.2) is 30.3 Å². The predicted molar refractivity (Wildman–Crippen MR) is 74.8 cm³/mol. The molecule has 19 heavy (non-hydrogen) atoms. The Labute approximate surface area is 115 Å². The van der Waals surface area contributed by atoms with Gasteiger partial charge in [-0.1, -0.05) is 30.3 Å². The van der Waals surface area contributed by atoms with E-state index in [1.54, 1.807) is 0 Å². The van der Waals surface area contributed by atoms with E-state index in [4.69, 9.17) is 4.74 Å². The molecule has 1 saturated heterocycles. The third-order valence-electron chi connectivity index (χ3n) is 3.29. The summed E-state index contributed by atoms with van der Waals surface area (Å²) < 4.78 is 5.45. The van der Waals surface area contributed by atoms with Crippen LogP contribution in [0.1, 0.15) is 12.5 Å². The number of ether oxygens (including phenoxy) is 1. The fourth-order valence-corrected chi connectivity index (χ4v) is 2.33.